The molecule has 7 rings (SSSR count). The number of hydrogen-bond acceptors (Lipinski definition) is 2. The average molecular weight is 499 g/mol. The van der Waals surface area contributed by atoms with Gasteiger partial charge >= 0.3 is 0 Å². The molecule has 6 fully saturated rings. The lowest BCUT2D eigenvalue weighted by Gasteiger charge is -2.62. The number of nitrogens with one attached hydrogen (secondary N) is 2. The van der Waals surface area contributed by atoms with Gasteiger partial charge in [-0.05, 0) is 128 Å². The van der Waals surface area contributed by atoms with Crippen LogP contribution in [-0.2, 0) is 16.0 Å². The zero-order valence-electron chi connectivity index (χ0n) is 21.8. The zero-order chi connectivity index (χ0) is 23.7. The molecule has 2 heterocycles. The van der Waals surface area contributed by atoms with Crippen LogP contribution in [0.5, 0.6) is 0 Å². The van der Waals surface area contributed by atoms with Crippen LogP contribution in [0.3, 0.4) is 0 Å². The fourth-order valence-corrected chi connectivity index (χ4v) is 11.2. The molecule has 34 heavy (non-hydrogen) atoms. The standard InChI is InChI=1S/C30H48N2P2/c1-28(2,3)22-8-9-23(29-16-19-12-20(17-29)14-21(13-19)25(29)18-33)24(15-22)30(34,26-6-4-10-31-26)27-7-5-11-32-27/h8-9,15,19-21,25-27,31-32H,4-7,10-14,16-18,33-34H2,1-3H3. The second kappa shape index (κ2) is 8.79. The van der Waals surface area contributed by atoms with E-state index in [1.807, 2.05) is 0 Å². The van der Waals surface area contributed by atoms with Gasteiger partial charge in [0.2, 0.25) is 0 Å². The molecule has 2 N–H and O–H groups in total. The van der Waals surface area contributed by atoms with E-state index in [1.54, 1.807) is 11.1 Å². The Bertz CT molecular complexity index is 879. The molecule has 2 nitrogen and oxygen atoms in total. The molecule has 1 aromatic rings. The third-order valence-corrected chi connectivity index (χ3v) is 12.6. The Kier molecular flexibility index (Phi) is 6.29. The molecule has 1 aromatic carbocycles. The third-order valence-electron chi connectivity index (χ3n) is 10.9. The van der Waals surface area contributed by atoms with Gasteiger partial charge < -0.3 is 10.6 Å². The smallest absolute Gasteiger partial charge is 0.0405 e. The largest absolute Gasteiger partial charge is 0.313 e. The summed E-state index contributed by atoms with van der Waals surface area (Å²) in [5.74, 6) is 3.72. The lowest BCUT2D eigenvalue weighted by molar-refractivity contribution is -0.0524. The minimum atomic E-state index is 0.0678. The van der Waals surface area contributed by atoms with E-state index >= 15 is 0 Å². The molecule has 7 unspecified atom stereocenters. The van der Waals surface area contributed by atoms with Crippen LogP contribution in [0.1, 0.15) is 95.2 Å². The molecule has 0 spiro atoms. The maximum absolute atomic E-state index is 3.99. The van der Waals surface area contributed by atoms with Gasteiger partial charge in [-0.2, -0.15) is 0 Å². The highest BCUT2D eigenvalue weighted by molar-refractivity contribution is 7.18. The van der Waals surface area contributed by atoms with Gasteiger partial charge in [0.15, 0.2) is 0 Å². The number of rotatable bonds is 5. The average Bonchev–Trinajstić information content (AvgIpc) is 3.52. The minimum Gasteiger partial charge on any atom is -0.313 e. The van der Waals surface area contributed by atoms with Gasteiger partial charge in [-0.15, -0.1) is 18.5 Å². The van der Waals surface area contributed by atoms with Crippen molar-refractivity contribution in [3.8, 4) is 0 Å². The van der Waals surface area contributed by atoms with Crippen molar-refractivity contribution in [1.29, 1.82) is 0 Å². The molecule has 188 valence electrons. The van der Waals surface area contributed by atoms with Crippen LogP contribution in [0.15, 0.2) is 18.2 Å². The van der Waals surface area contributed by atoms with E-state index in [0.29, 0.717) is 17.5 Å². The fraction of sp³-hybridized carbons (Fsp3) is 0.800. The Balaban J connectivity index is 1.56. The first-order valence-electron chi connectivity index (χ1n) is 14.4. The lowest BCUT2D eigenvalue weighted by Crippen LogP contribution is -2.58. The van der Waals surface area contributed by atoms with Crippen molar-refractivity contribution in [2.75, 3.05) is 19.3 Å². The molecular weight excluding hydrogens is 450 g/mol. The van der Waals surface area contributed by atoms with Crippen LogP contribution in [0.25, 0.3) is 0 Å². The second-order valence-corrected chi connectivity index (χ2v) is 15.3. The zero-order valence-corrected chi connectivity index (χ0v) is 24.1. The second-order valence-electron chi connectivity index (χ2n) is 13.8. The molecule has 4 bridgehead atoms. The summed E-state index contributed by atoms with van der Waals surface area (Å²) in [5.41, 5.74) is 5.52. The van der Waals surface area contributed by atoms with Gasteiger partial charge in [0, 0.05) is 17.2 Å². The van der Waals surface area contributed by atoms with E-state index in [9.17, 15) is 0 Å². The predicted octanol–water partition coefficient (Wildman–Crippen LogP) is 6.13. The SMILES string of the molecule is CC(C)(C)c1ccc(C23CC4CC(CC(C4)C2CP)C3)c(C(P)(C2CCCN2)C2CCCN2)c1. The normalized spacial score (nSPS) is 41.2. The third kappa shape index (κ3) is 3.71. The molecule has 4 saturated carbocycles. The monoisotopic (exact) mass is 498 g/mol. The Hall–Kier alpha value is -0.0000000000000000555. The van der Waals surface area contributed by atoms with Gasteiger partial charge in [-0.1, -0.05) is 39.0 Å². The molecular formula is C30H48N2P2. The van der Waals surface area contributed by atoms with Crippen molar-refractivity contribution >= 4 is 18.5 Å². The predicted molar refractivity (Wildman–Crippen MR) is 152 cm³/mol. The highest BCUT2D eigenvalue weighted by Crippen LogP contribution is 2.65. The van der Waals surface area contributed by atoms with E-state index in [-0.39, 0.29) is 10.6 Å². The first-order valence-corrected chi connectivity index (χ1v) is 15.8. The summed E-state index contributed by atoms with van der Waals surface area (Å²) in [7, 11) is 6.71. The molecule has 7 atom stereocenters. The van der Waals surface area contributed by atoms with E-state index in [1.165, 1.54) is 82.6 Å². The van der Waals surface area contributed by atoms with Crippen molar-refractivity contribution in [2.45, 2.75) is 107 Å². The molecule has 2 aliphatic heterocycles. The molecule has 4 aliphatic carbocycles. The van der Waals surface area contributed by atoms with Crippen molar-refractivity contribution < 1.29 is 0 Å². The van der Waals surface area contributed by atoms with E-state index in [2.05, 4.69) is 68.1 Å². The molecule has 0 amide bonds. The summed E-state index contributed by atoms with van der Waals surface area (Å²) in [6.45, 7) is 9.54. The summed E-state index contributed by atoms with van der Waals surface area (Å²) < 4.78 is 0. The van der Waals surface area contributed by atoms with Gasteiger partial charge in [0.05, 0.1) is 0 Å². The highest BCUT2D eigenvalue weighted by atomic mass is 31.0. The van der Waals surface area contributed by atoms with E-state index in [4.69, 9.17) is 0 Å². The van der Waals surface area contributed by atoms with Crippen LogP contribution >= 0.6 is 18.5 Å². The van der Waals surface area contributed by atoms with Crippen LogP contribution < -0.4 is 10.6 Å². The molecule has 0 radical (unpaired) electrons. The van der Waals surface area contributed by atoms with Crippen molar-refractivity contribution in [1.82, 2.24) is 10.6 Å². The van der Waals surface area contributed by atoms with Crippen molar-refractivity contribution in [3.05, 3.63) is 34.9 Å². The Morgan fingerprint density at radius 1 is 0.941 bits per heavy atom. The summed E-state index contributed by atoms with van der Waals surface area (Å²) >= 11 is 0. The Labute approximate surface area is 213 Å². The van der Waals surface area contributed by atoms with Gasteiger partial charge in [-0.25, -0.2) is 0 Å². The Morgan fingerprint density at radius 3 is 2.06 bits per heavy atom. The topological polar surface area (TPSA) is 24.1 Å². The lowest BCUT2D eigenvalue weighted by atomic mass is 9.43. The number of benzene rings is 1. The van der Waals surface area contributed by atoms with Crippen LogP contribution in [0.4, 0.5) is 0 Å². The maximum Gasteiger partial charge on any atom is 0.0405 e. The van der Waals surface area contributed by atoms with E-state index < -0.39 is 0 Å². The van der Waals surface area contributed by atoms with Gasteiger partial charge in [0.25, 0.3) is 0 Å². The summed E-state index contributed by atoms with van der Waals surface area (Å²) in [4.78, 5) is 0. The summed E-state index contributed by atoms with van der Waals surface area (Å²) in [6, 6.07) is 8.96. The minimum absolute atomic E-state index is 0.0678. The highest BCUT2D eigenvalue weighted by Gasteiger charge is 2.59. The maximum atomic E-state index is 3.99. The molecule has 0 aromatic heterocycles. The van der Waals surface area contributed by atoms with Crippen molar-refractivity contribution in [3.63, 3.8) is 0 Å². The summed E-state index contributed by atoms with van der Waals surface area (Å²) in [6.07, 6.45) is 13.9. The molecule has 6 aliphatic rings. The molecule has 2 saturated heterocycles. The summed E-state index contributed by atoms with van der Waals surface area (Å²) in [5, 5.41) is 8.05. The van der Waals surface area contributed by atoms with Crippen LogP contribution in [0.2, 0.25) is 0 Å². The fourth-order valence-electron chi connectivity index (χ4n) is 9.59. The quantitative estimate of drug-likeness (QED) is 0.478. The van der Waals surface area contributed by atoms with Gasteiger partial charge in [0.1, 0.15) is 0 Å². The van der Waals surface area contributed by atoms with Crippen LogP contribution in [-0.4, -0.2) is 31.3 Å². The Morgan fingerprint density at radius 2 is 1.56 bits per heavy atom. The van der Waals surface area contributed by atoms with Crippen molar-refractivity contribution in [2.24, 2.45) is 23.7 Å². The van der Waals surface area contributed by atoms with Gasteiger partial charge in [-0.3, -0.25) is 0 Å². The first kappa shape index (κ1) is 24.3. The first-order chi connectivity index (χ1) is 16.3. The number of hydrogen-bond donors (Lipinski definition) is 2. The van der Waals surface area contributed by atoms with Crippen LogP contribution in [0, 0.1) is 23.7 Å². The van der Waals surface area contributed by atoms with E-state index in [0.717, 1.165) is 23.7 Å². The molecule has 4 heteroatoms.